The fraction of sp³-hybridized carbons (Fsp3) is 0.722. The molecule has 5 rings (SSSR count). The molecule has 2 unspecified atom stereocenters. The summed E-state index contributed by atoms with van der Waals surface area (Å²) in [6.45, 7) is 0.807. The van der Waals surface area contributed by atoms with Gasteiger partial charge in [-0.3, -0.25) is 4.79 Å². The van der Waals surface area contributed by atoms with Gasteiger partial charge >= 0.3 is 0 Å². The minimum absolute atomic E-state index is 0.0635. The number of halogens is 1. The van der Waals surface area contributed by atoms with Crippen LogP contribution in [0.2, 0.25) is 0 Å². The number of carbonyl (C=O) groups excluding carboxylic acids is 1. The van der Waals surface area contributed by atoms with Crippen LogP contribution in [0.15, 0.2) is 17.5 Å². The molecule has 1 aromatic heterocycles. The van der Waals surface area contributed by atoms with Crippen molar-refractivity contribution in [3.8, 4) is 0 Å². The average molecular weight is 414 g/mol. The van der Waals surface area contributed by atoms with Gasteiger partial charge in [0.05, 0.1) is 5.41 Å². The first-order chi connectivity index (χ1) is 11.1. The van der Waals surface area contributed by atoms with Crippen molar-refractivity contribution in [2.75, 3.05) is 12.3 Å². The standard InChI is InChI=1S/C18H24BrNOS2/c19-18-9-13-6-14(10-18)8-17(7-13,12-18)16(21)20-3-5-22-11-15-2-1-4-23-15/h1-2,4,13-14H,3,5-12H2,(H,20,21). The second kappa shape index (κ2) is 6.38. The molecule has 1 amide bonds. The molecule has 4 bridgehead atoms. The molecule has 0 aromatic carbocycles. The van der Waals surface area contributed by atoms with Crippen LogP contribution in [-0.2, 0) is 10.5 Å². The van der Waals surface area contributed by atoms with E-state index in [1.165, 1.54) is 24.1 Å². The summed E-state index contributed by atoms with van der Waals surface area (Å²) in [5, 5.41) is 5.39. The van der Waals surface area contributed by atoms with Crippen LogP contribution >= 0.6 is 39.0 Å². The number of hydrogen-bond acceptors (Lipinski definition) is 3. The quantitative estimate of drug-likeness (QED) is 0.534. The van der Waals surface area contributed by atoms with Crippen molar-refractivity contribution in [1.82, 2.24) is 5.32 Å². The van der Waals surface area contributed by atoms with Gasteiger partial charge in [0.2, 0.25) is 5.91 Å². The van der Waals surface area contributed by atoms with Gasteiger partial charge < -0.3 is 5.32 Å². The number of carbonyl (C=O) groups is 1. The molecule has 1 N–H and O–H groups in total. The number of nitrogens with one attached hydrogen (secondary N) is 1. The van der Waals surface area contributed by atoms with Gasteiger partial charge in [-0.15, -0.1) is 11.3 Å². The second-order valence-corrected chi connectivity index (χ2v) is 11.6. The van der Waals surface area contributed by atoms with Gasteiger partial charge in [-0.05, 0) is 61.8 Å². The summed E-state index contributed by atoms with van der Waals surface area (Å²) < 4.78 is 0.266. The van der Waals surface area contributed by atoms with Crippen LogP contribution in [0, 0.1) is 17.3 Å². The molecule has 126 valence electrons. The van der Waals surface area contributed by atoms with E-state index in [0.29, 0.717) is 5.91 Å². The Morgan fingerprint density at radius 2 is 2.13 bits per heavy atom. The average Bonchev–Trinajstić information content (AvgIpc) is 2.97. The lowest BCUT2D eigenvalue weighted by Gasteiger charge is -2.59. The Bertz CT molecular complexity index is 560. The van der Waals surface area contributed by atoms with E-state index < -0.39 is 0 Å². The number of thioether (sulfide) groups is 1. The van der Waals surface area contributed by atoms with Crippen LogP contribution in [0.1, 0.15) is 43.4 Å². The third-order valence-electron chi connectivity index (χ3n) is 5.83. The summed E-state index contributed by atoms with van der Waals surface area (Å²) in [4.78, 5) is 14.3. The number of thiophene rings is 1. The Balaban J connectivity index is 1.27. The Morgan fingerprint density at radius 1 is 1.35 bits per heavy atom. The lowest BCUT2D eigenvalue weighted by atomic mass is 9.49. The summed E-state index contributed by atoms with van der Waals surface area (Å²) in [6.07, 6.45) is 7.25. The minimum Gasteiger partial charge on any atom is -0.355 e. The van der Waals surface area contributed by atoms with Crippen LogP contribution in [0.5, 0.6) is 0 Å². The van der Waals surface area contributed by atoms with Crippen LogP contribution in [0.4, 0.5) is 0 Å². The Hall–Kier alpha value is -0.000000000000000111. The first kappa shape index (κ1) is 16.5. The predicted octanol–water partition coefficient (Wildman–Crippen LogP) is 4.83. The maximum Gasteiger partial charge on any atom is 0.226 e. The van der Waals surface area contributed by atoms with Gasteiger partial charge in [-0.25, -0.2) is 0 Å². The van der Waals surface area contributed by atoms with Crippen molar-refractivity contribution in [3.63, 3.8) is 0 Å². The first-order valence-electron chi connectivity index (χ1n) is 8.64. The van der Waals surface area contributed by atoms with E-state index in [1.807, 2.05) is 23.1 Å². The fourth-order valence-electron chi connectivity index (χ4n) is 5.41. The number of alkyl halides is 1. The zero-order valence-corrected chi connectivity index (χ0v) is 16.6. The molecule has 23 heavy (non-hydrogen) atoms. The molecule has 4 saturated carbocycles. The van der Waals surface area contributed by atoms with E-state index >= 15 is 0 Å². The molecule has 4 aliphatic rings. The predicted molar refractivity (Wildman–Crippen MR) is 102 cm³/mol. The van der Waals surface area contributed by atoms with Crippen LogP contribution < -0.4 is 5.32 Å². The van der Waals surface area contributed by atoms with Gasteiger partial charge in [-0.1, -0.05) is 22.0 Å². The van der Waals surface area contributed by atoms with Gasteiger partial charge in [0.15, 0.2) is 0 Å². The molecule has 0 radical (unpaired) electrons. The summed E-state index contributed by atoms with van der Waals surface area (Å²) in [5.41, 5.74) is -0.0635. The Morgan fingerprint density at radius 3 is 2.78 bits per heavy atom. The molecular weight excluding hydrogens is 390 g/mol. The summed E-state index contributed by atoms with van der Waals surface area (Å²) in [7, 11) is 0. The normalized spacial score (nSPS) is 38.0. The van der Waals surface area contributed by atoms with Crippen molar-refractivity contribution in [2.24, 2.45) is 17.3 Å². The summed E-state index contributed by atoms with van der Waals surface area (Å²) in [6, 6.07) is 4.28. The first-order valence-corrected chi connectivity index (χ1v) is 11.5. The molecule has 0 aliphatic heterocycles. The largest absolute Gasteiger partial charge is 0.355 e. The van der Waals surface area contributed by atoms with Crippen molar-refractivity contribution < 1.29 is 4.79 Å². The highest BCUT2D eigenvalue weighted by molar-refractivity contribution is 9.10. The molecule has 2 nitrogen and oxygen atoms in total. The smallest absolute Gasteiger partial charge is 0.226 e. The maximum atomic E-state index is 12.9. The highest BCUT2D eigenvalue weighted by atomic mass is 79.9. The van der Waals surface area contributed by atoms with Crippen molar-refractivity contribution in [1.29, 1.82) is 0 Å². The van der Waals surface area contributed by atoms with E-state index in [2.05, 4.69) is 38.8 Å². The minimum atomic E-state index is -0.0635. The molecule has 0 saturated heterocycles. The van der Waals surface area contributed by atoms with Crippen molar-refractivity contribution in [2.45, 2.75) is 48.6 Å². The SMILES string of the molecule is O=C(NCCSCc1cccs1)C12CC3CC(CC(Br)(C3)C1)C2. The van der Waals surface area contributed by atoms with Crippen molar-refractivity contribution in [3.05, 3.63) is 22.4 Å². The second-order valence-electron chi connectivity index (χ2n) is 7.78. The Kier molecular flexibility index (Phi) is 4.57. The van der Waals surface area contributed by atoms with Gasteiger partial charge in [0, 0.05) is 27.3 Å². The lowest BCUT2D eigenvalue weighted by molar-refractivity contribution is -0.143. The molecule has 0 spiro atoms. The molecule has 1 heterocycles. The van der Waals surface area contributed by atoms with Crippen LogP contribution in [0.3, 0.4) is 0 Å². The number of hydrogen-bond donors (Lipinski definition) is 1. The Labute approximate surface area is 155 Å². The zero-order chi connectivity index (χ0) is 15.9. The van der Waals surface area contributed by atoms with E-state index in [9.17, 15) is 4.79 Å². The molecule has 4 aliphatic carbocycles. The number of amides is 1. The fourth-order valence-corrected chi connectivity index (χ4v) is 8.56. The van der Waals surface area contributed by atoms with E-state index in [0.717, 1.165) is 49.1 Å². The molecular formula is C18H24BrNOS2. The zero-order valence-electron chi connectivity index (χ0n) is 13.4. The number of rotatable bonds is 6. The molecule has 1 aromatic rings. The van der Waals surface area contributed by atoms with Gasteiger partial charge in [0.25, 0.3) is 0 Å². The third-order valence-corrected chi connectivity index (χ3v) is 8.82. The maximum absolute atomic E-state index is 12.9. The highest BCUT2D eigenvalue weighted by Crippen LogP contribution is 2.64. The van der Waals surface area contributed by atoms with Crippen LogP contribution in [-0.4, -0.2) is 22.5 Å². The highest BCUT2D eigenvalue weighted by Gasteiger charge is 2.59. The van der Waals surface area contributed by atoms with Crippen LogP contribution in [0.25, 0.3) is 0 Å². The summed E-state index contributed by atoms with van der Waals surface area (Å²) in [5.74, 6) is 3.95. The third kappa shape index (κ3) is 3.38. The molecule has 2 atom stereocenters. The summed E-state index contributed by atoms with van der Waals surface area (Å²) >= 11 is 7.72. The monoisotopic (exact) mass is 413 g/mol. The van der Waals surface area contributed by atoms with E-state index in [1.54, 1.807) is 0 Å². The topological polar surface area (TPSA) is 29.1 Å². The van der Waals surface area contributed by atoms with E-state index in [-0.39, 0.29) is 9.74 Å². The molecule has 4 fully saturated rings. The lowest BCUT2D eigenvalue weighted by Crippen LogP contribution is -2.58. The van der Waals surface area contributed by atoms with Gasteiger partial charge in [0.1, 0.15) is 0 Å². The van der Waals surface area contributed by atoms with E-state index in [4.69, 9.17) is 0 Å². The molecule has 5 heteroatoms. The van der Waals surface area contributed by atoms with Crippen molar-refractivity contribution >= 4 is 44.9 Å². The van der Waals surface area contributed by atoms with Gasteiger partial charge in [-0.2, -0.15) is 11.8 Å².